The van der Waals surface area contributed by atoms with Gasteiger partial charge >= 0.3 is 0 Å². The van der Waals surface area contributed by atoms with E-state index in [9.17, 15) is 4.79 Å². The number of hydrogen-bond donors (Lipinski definition) is 0. The summed E-state index contributed by atoms with van der Waals surface area (Å²) in [5, 5.41) is 0. The van der Waals surface area contributed by atoms with E-state index in [0.717, 1.165) is 16.9 Å². The smallest absolute Gasteiger partial charge is 0.213 e. The first kappa shape index (κ1) is 8.05. The molecule has 0 spiro atoms. The fourth-order valence-corrected chi connectivity index (χ4v) is 1.31. The largest absolute Gasteiger partial charge is 0.445 e. The van der Waals surface area contributed by atoms with Crippen molar-refractivity contribution in [3.63, 3.8) is 0 Å². The quantitative estimate of drug-likeness (QED) is 0.688. The molecule has 1 aliphatic rings. The molecule has 1 aromatic rings. The average molecular weight is 174 g/mol. The van der Waals surface area contributed by atoms with E-state index in [0.29, 0.717) is 5.76 Å². The Kier molecular flexibility index (Phi) is 1.69. The van der Waals surface area contributed by atoms with Crippen LogP contribution in [0.15, 0.2) is 30.0 Å². The Morgan fingerprint density at radius 2 is 2.00 bits per heavy atom. The number of benzene rings is 1. The molecular formula is C11H10O2. The molecule has 0 saturated heterocycles. The van der Waals surface area contributed by atoms with E-state index >= 15 is 0 Å². The van der Waals surface area contributed by atoms with Gasteiger partial charge in [-0.15, -0.1) is 0 Å². The van der Waals surface area contributed by atoms with Crippen LogP contribution in [0.2, 0.25) is 0 Å². The molecule has 0 unspecified atom stereocenters. The van der Waals surface area contributed by atoms with Crippen LogP contribution in [0.3, 0.4) is 0 Å². The van der Waals surface area contributed by atoms with Gasteiger partial charge in [0.2, 0.25) is 5.76 Å². The predicted octanol–water partition coefficient (Wildman–Crippen LogP) is 2.28. The summed E-state index contributed by atoms with van der Waals surface area (Å²) in [6.07, 6.45) is 0. The number of Topliss-reactive ketones (excluding diaryl/α,β-unsaturated/α-hetero) is 1. The minimum Gasteiger partial charge on any atom is -0.445 e. The minimum absolute atomic E-state index is 0.00162. The van der Waals surface area contributed by atoms with E-state index in [1.807, 2.05) is 31.2 Å². The lowest BCUT2D eigenvalue weighted by atomic mass is 10.1. The van der Waals surface area contributed by atoms with Crippen molar-refractivity contribution in [1.82, 2.24) is 0 Å². The molecule has 0 amide bonds. The van der Waals surface area contributed by atoms with E-state index in [4.69, 9.17) is 4.74 Å². The number of ether oxygens (including phenoxy) is 1. The maximum Gasteiger partial charge on any atom is 0.213 e. The number of hydrogen-bond acceptors (Lipinski definition) is 2. The Bertz CT molecular complexity index is 402. The number of allylic oxidation sites excluding steroid dienone is 1. The van der Waals surface area contributed by atoms with Crippen LogP contribution in [0.4, 0.5) is 0 Å². The molecule has 0 atom stereocenters. The lowest BCUT2D eigenvalue weighted by Gasteiger charge is -1.95. The molecule has 2 heteroatoms. The number of rotatable bonds is 2. The van der Waals surface area contributed by atoms with Crippen LogP contribution in [0.1, 0.15) is 18.1 Å². The average Bonchev–Trinajstić information content (AvgIpc) is 2.84. The maximum atomic E-state index is 10.9. The molecule has 13 heavy (non-hydrogen) atoms. The number of carbonyl (C=O) groups excluding carboxylic acids is 1. The van der Waals surface area contributed by atoms with Gasteiger partial charge in [0.15, 0.2) is 11.5 Å². The third kappa shape index (κ3) is 1.35. The summed E-state index contributed by atoms with van der Waals surface area (Å²) < 4.78 is 5.13. The van der Waals surface area contributed by atoms with E-state index in [2.05, 4.69) is 0 Å². The monoisotopic (exact) mass is 174 g/mol. The summed E-state index contributed by atoms with van der Waals surface area (Å²) in [7, 11) is 0. The molecule has 0 aliphatic carbocycles. The van der Waals surface area contributed by atoms with Crippen LogP contribution in [-0.2, 0) is 9.53 Å². The second-order valence-corrected chi connectivity index (χ2v) is 3.13. The molecule has 0 radical (unpaired) electrons. The van der Waals surface area contributed by atoms with Gasteiger partial charge in [-0.25, -0.2) is 0 Å². The summed E-state index contributed by atoms with van der Waals surface area (Å²) in [6.45, 7) is 3.52. The Balaban J connectivity index is 2.40. The zero-order valence-corrected chi connectivity index (χ0v) is 7.63. The van der Waals surface area contributed by atoms with Gasteiger partial charge in [-0.2, -0.15) is 0 Å². The molecule has 0 aromatic heterocycles. The van der Waals surface area contributed by atoms with Crippen molar-refractivity contribution in [2.75, 3.05) is 0 Å². The zero-order valence-electron chi connectivity index (χ0n) is 7.63. The molecule has 0 fully saturated rings. The van der Waals surface area contributed by atoms with Crippen molar-refractivity contribution < 1.29 is 9.53 Å². The first-order valence-electron chi connectivity index (χ1n) is 4.19. The van der Waals surface area contributed by atoms with Crippen LogP contribution >= 0.6 is 0 Å². The fraction of sp³-hybridized carbons (Fsp3) is 0.182. The van der Waals surface area contributed by atoms with Gasteiger partial charge in [-0.1, -0.05) is 24.3 Å². The highest BCUT2D eigenvalue weighted by Gasteiger charge is 2.31. The van der Waals surface area contributed by atoms with Crippen molar-refractivity contribution in [2.24, 2.45) is 0 Å². The molecule has 0 saturated carbocycles. The van der Waals surface area contributed by atoms with E-state index in [1.54, 1.807) is 0 Å². The molecule has 1 heterocycles. The van der Waals surface area contributed by atoms with Crippen LogP contribution in [0, 0.1) is 6.92 Å². The molecule has 0 N–H and O–H groups in total. The second kappa shape index (κ2) is 2.73. The molecule has 2 nitrogen and oxygen atoms in total. The highest BCUT2D eigenvalue weighted by atomic mass is 16.6. The van der Waals surface area contributed by atoms with Gasteiger partial charge in [0.05, 0.1) is 0 Å². The number of aryl methyl sites for hydroxylation is 1. The van der Waals surface area contributed by atoms with Gasteiger partial charge in [0.25, 0.3) is 0 Å². The van der Waals surface area contributed by atoms with E-state index in [-0.39, 0.29) is 5.78 Å². The summed E-state index contributed by atoms with van der Waals surface area (Å²) in [5.74, 6) is 1.25. The molecule has 0 bridgehead atoms. The highest BCUT2D eigenvalue weighted by Crippen LogP contribution is 2.37. The summed E-state index contributed by atoms with van der Waals surface area (Å²) >= 11 is 0. The number of carbonyl (C=O) groups is 1. The highest BCUT2D eigenvalue weighted by molar-refractivity contribution is 6.04. The van der Waals surface area contributed by atoms with E-state index in [1.165, 1.54) is 6.92 Å². The van der Waals surface area contributed by atoms with Crippen LogP contribution in [0.25, 0.3) is 5.76 Å². The minimum atomic E-state index is -0.00162. The van der Waals surface area contributed by atoms with Gasteiger partial charge < -0.3 is 4.74 Å². The standard InChI is InChI=1S/C11H10O2/c1-7-5-3-4-6-9(7)11-10(13-11)8(2)12/h3-6H,1-2H3. The molecule has 2 rings (SSSR count). The second-order valence-electron chi connectivity index (χ2n) is 3.13. The Morgan fingerprint density at radius 3 is 2.54 bits per heavy atom. The van der Waals surface area contributed by atoms with Crippen molar-refractivity contribution in [3.8, 4) is 0 Å². The maximum absolute atomic E-state index is 10.9. The Hall–Kier alpha value is -1.57. The number of ketones is 1. The summed E-state index contributed by atoms with van der Waals surface area (Å²) in [6, 6.07) is 7.87. The third-order valence-electron chi connectivity index (χ3n) is 2.08. The van der Waals surface area contributed by atoms with Gasteiger partial charge in [-0.05, 0) is 12.5 Å². The van der Waals surface area contributed by atoms with Crippen LogP contribution < -0.4 is 0 Å². The van der Waals surface area contributed by atoms with Crippen molar-refractivity contribution in [3.05, 3.63) is 41.2 Å². The first-order chi connectivity index (χ1) is 6.20. The normalized spacial score (nSPS) is 14.0. The van der Waals surface area contributed by atoms with Crippen LogP contribution in [0.5, 0.6) is 0 Å². The Labute approximate surface area is 76.8 Å². The fourth-order valence-electron chi connectivity index (χ4n) is 1.31. The van der Waals surface area contributed by atoms with Crippen LogP contribution in [-0.4, -0.2) is 5.78 Å². The summed E-state index contributed by atoms with van der Waals surface area (Å²) in [5.41, 5.74) is 2.15. The van der Waals surface area contributed by atoms with E-state index < -0.39 is 0 Å². The zero-order chi connectivity index (χ0) is 9.42. The van der Waals surface area contributed by atoms with Gasteiger partial charge in [0, 0.05) is 12.5 Å². The lowest BCUT2D eigenvalue weighted by molar-refractivity contribution is -0.114. The third-order valence-corrected chi connectivity index (χ3v) is 2.08. The molecular weight excluding hydrogens is 164 g/mol. The molecule has 66 valence electrons. The predicted molar refractivity (Wildman–Crippen MR) is 49.9 cm³/mol. The Morgan fingerprint density at radius 1 is 1.31 bits per heavy atom. The molecule has 1 aliphatic heterocycles. The molecule has 1 aromatic carbocycles. The topological polar surface area (TPSA) is 29.6 Å². The van der Waals surface area contributed by atoms with Crippen molar-refractivity contribution in [1.29, 1.82) is 0 Å². The first-order valence-corrected chi connectivity index (χ1v) is 4.19. The lowest BCUT2D eigenvalue weighted by Crippen LogP contribution is -1.83. The SMILES string of the molecule is CC(=O)C1=C(c2ccccc2C)O1. The van der Waals surface area contributed by atoms with Gasteiger partial charge in [0.1, 0.15) is 0 Å². The summed E-state index contributed by atoms with van der Waals surface area (Å²) in [4.78, 5) is 10.9. The van der Waals surface area contributed by atoms with Gasteiger partial charge in [-0.3, -0.25) is 4.79 Å². The van der Waals surface area contributed by atoms with Crippen molar-refractivity contribution in [2.45, 2.75) is 13.8 Å². The van der Waals surface area contributed by atoms with Crippen molar-refractivity contribution >= 4 is 11.5 Å².